The summed E-state index contributed by atoms with van der Waals surface area (Å²) in [6.45, 7) is 0. The normalized spacial score (nSPS) is 28.5. The second-order valence-electron chi connectivity index (χ2n) is 5.54. The van der Waals surface area contributed by atoms with Crippen molar-refractivity contribution >= 4 is 23.5 Å². The van der Waals surface area contributed by atoms with Crippen LogP contribution in [-0.2, 0) is 0 Å². The summed E-state index contributed by atoms with van der Waals surface area (Å²) < 4.78 is 0. The van der Waals surface area contributed by atoms with Crippen LogP contribution in [0, 0.1) is 0 Å². The second-order valence-corrected chi connectivity index (χ2v) is 8.17. The second kappa shape index (κ2) is 7.55. The van der Waals surface area contributed by atoms with Gasteiger partial charge in [-0.2, -0.15) is 0 Å². The van der Waals surface area contributed by atoms with Crippen LogP contribution < -0.4 is 0 Å². The van der Waals surface area contributed by atoms with Gasteiger partial charge in [0.1, 0.15) is 0 Å². The number of aliphatic hydroxyl groups is 2. The first-order valence-electron chi connectivity index (χ1n) is 7.52. The predicted octanol–water partition coefficient (Wildman–Crippen LogP) is 3.82. The molecule has 0 radical (unpaired) electrons. The first kappa shape index (κ1) is 15.9. The highest BCUT2D eigenvalue weighted by molar-refractivity contribution is 8.01. The Labute approximate surface area is 140 Å². The lowest BCUT2D eigenvalue weighted by Gasteiger charge is -2.36. The fourth-order valence-corrected chi connectivity index (χ4v) is 5.29. The molecule has 2 aromatic rings. The lowest BCUT2D eigenvalue weighted by atomic mass is 9.94. The zero-order valence-electron chi connectivity index (χ0n) is 12.2. The molecular weight excluding hydrogens is 312 g/mol. The molecule has 3 rings (SSSR count). The van der Waals surface area contributed by atoms with Gasteiger partial charge < -0.3 is 10.2 Å². The van der Waals surface area contributed by atoms with E-state index in [1.54, 1.807) is 23.5 Å². The van der Waals surface area contributed by atoms with E-state index in [0.717, 1.165) is 6.42 Å². The van der Waals surface area contributed by atoms with Gasteiger partial charge in [0, 0.05) is 26.7 Å². The third-order valence-electron chi connectivity index (χ3n) is 3.87. The van der Waals surface area contributed by atoms with Crippen molar-refractivity contribution in [1.29, 1.82) is 0 Å². The minimum Gasteiger partial charge on any atom is -0.392 e. The molecule has 0 unspecified atom stereocenters. The van der Waals surface area contributed by atoms with Gasteiger partial charge in [-0.1, -0.05) is 36.4 Å². The van der Waals surface area contributed by atoms with Gasteiger partial charge in [-0.25, -0.2) is 0 Å². The van der Waals surface area contributed by atoms with Crippen molar-refractivity contribution in [2.45, 2.75) is 45.3 Å². The first-order valence-corrected chi connectivity index (χ1v) is 9.28. The van der Waals surface area contributed by atoms with E-state index in [0.29, 0.717) is 6.42 Å². The van der Waals surface area contributed by atoms with Gasteiger partial charge in [-0.05, 0) is 30.7 Å². The summed E-state index contributed by atoms with van der Waals surface area (Å²) in [6.07, 6.45) is 0.358. The highest BCUT2D eigenvalue weighted by Gasteiger charge is 2.36. The van der Waals surface area contributed by atoms with E-state index in [1.165, 1.54) is 9.79 Å². The van der Waals surface area contributed by atoms with E-state index in [1.807, 2.05) is 36.4 Å². The highest BCUT2D eigenvalue weighted by atomic mass is 32.2. The monoisotopic (exact) mass is 332 g/mol. The van der Waals surface area contributed by atoms with Crippen molar-refractivity contribution in [2.75, 3.05) is 0 Å². The Bertz CT molecular complexity index is 525. The molecule has 0 bridgehead atoms. The summed E-state index contributed by atoms with van der Waals surface area (Å²) in [5.41, 5.74) is 0. The van der Waals surface area contributed by atoms with Crippen molar-refractivity contribution in [2.24, 2.45) is 0 Å². The molecule has 1 aliphatic carbocycles. The van der Waals surface area contributed by atoms with Crippen LogP contribution in [0.3, 0.4) is 0 Å². The number of thioether (sulfide) groups is 2. The highest BCUT2D eigenvalue weighted by Crippen LogP contribution is 2.40. The molecule has 0 spiro atoms. The average Bonchev–Trinajstić information content (AvgIpc) is 2.54. The molecule has 2 nitrogen and oxygen atoms in total. The molecule has 1 saturated carbocycles. The maximum Gasteiger partial charge on any atom is 0.0687 e. The van der Waals surface area contributed by atoms with Gasteiger partial charge in [0.15, 0.2) is 0 Å². The van der Waals surface area contributed by atoms with E-state index >= 15 is 0 Å². The molecular formula is C18H20O2S2. The maximum absolute atomic E-state index is 10.3. The van der Waals surface area contributed by atoms with E-state index in [-0.39, 0.29) is 10.5 Å². The molecule has 0 aliphatic heterocycles. The number of hydrogen-bond donors (Lipinski definition) is 2. The summed E-state index contributed by atoms with van der Waals surface area (Å²) in [5.74, 6) is 0. The fourth-order valence-electron chi connectivity index (χ4n) is 2.70. The topological polar surface area (TPSA) is 40.5 Å². The maximum atomic E-state index is 10.3. The zero-order chi connectivity index (χ0) is 15.4. The number of benzene rings is 2. The van der Waals surface area contributed by atoms with E-state index in [4.69, 9.17) is 0 Å². The Balaban J connectivity index is 1.67. The van der Waals surface area contributed by atoms with Crippen LogP contribution in [0.25, 0.3) is 0 Å². The molecule has 0 amide bonds. The zero-order valence-corrected chi connectivity index (χ0v) is 13.8. The van der Waals surface area contributed by atoms with Crippen LogP contribution in [0.4, 0.5) is 0 Å². The van der Waals surface area contributed by atoms with Gasteiger partial charge in [-0.3, -0.25) is 0 Å². The standard InChI is InChI=1S/C18H20O2S2/c19-15-11-16(20)18(22-14-9-5-2-6-10-14)12-17(15)21-13-7-3-1-4-8-13/h1-10,15-20H,11-12H2/t15-,16-,17-,18-/m0/s1. The largest absolute Gasteiger partial charge is 0.392 e. The van der Waals surface area contributed by atoms with Crippen molar-refractivity contribution in [1.82, 2.24) is 0 Å². The van der Waals surface area contributed by atoms with Crippen LogP contribution in [0.5, 0.6) is 0 Å². The minimum atomic E-state index is -0.451. The fraction of sp³-hybridized carbons (Fsp3) is 0.333. The van der Waals surface area contributed by atoms with Gasteiger partial charge in [0.05, 0.1) is 12.2 Å². The molecule has 2 N–H and O–H groups in total. The smallest absolute Gasteiger partial charge is 0.0687 e. The van der Waals surface area contributed by atoms with E-state index < -0.39 is 12.2 Å². The Morgan fingerprint density at radius 3 is 1.45 bits per heavy atom. The summed E-state index contributed by atoms with van der Waals surface area (Å²) in [6, 6.07) is 20.3. The summed E-state index contributed by atoms with van der Waals surface area (Å²) in [4.78, 5) is 2.35. The summed E-state index contributed by atoms with van der Waals surface area (Å²) >= 11 is 3.43. The Hall–Kier alpha value is -0.940. The first-order chi connectivity index (χ1) is 10.7. The average molecular weight is 332 g/mol. The van der Waals surface area contributed by atoms with Crippen LogP contribution in [-0.4, -0.2) is 32.9 Å². The lowest BCUT2D eigenvalue weighted by Crippen LogP contribution is -2.42. The van der Waals surface area contributed by atoms with Crippen molar-refractivity contribution in [3.05, 3.63) is 60.7 Å². The van der Waals surface area contributed by atoms with Crippen LogP contribution in [0.2, 0.25) is 0 Å². The Morgan fingerprint density at radius 2 is 1.05 bits per heavy atom. The van der Waals surface area contributed by atoms with Gasteiger partial charge in [0.2, 0.25) is 0 Å². The molecule has 0 heterocycles. The van der Waals surface area contributed by atoms with E-state index in [9.17, 15) is 10.2 Å². The number of hydrogen-bond acceptors (Lipinski definition) is 4. The molecule has 116 valence electrons. The quantitative estimate of drug-likeness (QED) is 0.893. The van der Waals surface area contributed by atoms with Crippen molar-refractivity contribution in [3.63, 3.8) is 0 Å². The summed E-state index contributed by atoms with van der Waals surface area (Å²) in [7, 11) is 0. The van der Waals surface area contributed by atoms with Crippen molar-refractivity contribution < 1.29 is 10.2 Å². The molecule has 0 aromatic heterocycles. The van der Waals surface area contributed by atoms with E-state index in [2.05, 4.69) is 24.3 Å². The molecule has 4 atom stereocenters. The Kier molecular flexibility index (Phi) is 5.47. The third-order valence-corrected chi connectivity index (χ3v) is 6.57. The van der Waals surface area contributed by atoms with Gasteiger partial charge in [0.25, 0.3) is 0 Å². The van der Waals surface area contributed by atoms with Gasteiger partial charge in [-0.15, -0.1) is 23.5 Å². The molecule has 1 aliphatic rings. The molecule has 2 aromatic carbocycles. The number of rotatable bonds is 4. The minimum absolute atomic E-state index is 0.131. The molecule has 22 heavy (non-hydrogen) atoms. The van der Waals surface area contributed by atoms with Crippen LogP contribution in [0.1, 0.15) is 12.8 Å². The predicted molar refractivity (Wildman–Crippen MR) is 93.4 cm³/mol. The third kappa shape index (κ3) is 4.07. The van der Waals surface area contributed by atoms with Crippen LogP contribution >= 0.6 is 23.5 Å². The summed E-state index contributed by atoms with van der Waals surface area (Å²) in [5, 5.41) is 20.9. The number of aliphatic hydroxyl groups excluding tert-OH is 2. The van der Waals surface area contributed by atoms with Gasteiger partial charge >= 0.3 is 0 Å². The van der Waals surface area contributed by atoms with Crippen molar-refractivity contribution in [3.8, 4) is 0 Å². The SMILES string of the molecule is O[C@H]1C[C@H](O)[C@@H](Sc2ccccc2)C[C@@H]1Sc1ccccc1. The molecule has 1 fully saturated rings. The lowest BCUT2D eigenvalue weighted by molar-refractivity contribution is 0.0494. The molecule has 4 heteroatoms. The molecule has 0 saturated heterocycles. The Morgan fingerprint density at radius 1 is 0.636 bits per heavy atom. The van der Waals surface area contributed by atoms with Crippen LogP contribution in [0.15, 0.2) is 70.5 Å².